The van der Waals surface area contributed by atoms with Gasteiger partial charge in [-0.2, -0.15) is 18.6 Å². The van der Waals surface area contributed by atoms with Gasteiger partial charge < -0.3 is 0 Å². The predicted molar refractivity (Wildman–Crippen MR) is 27.4 cm³/mol. The molecule has 0 heterocycles. The van der Waals surface area contributed by atoms with Gasteiger partial charge >= 0.3 is 0 Å². The van der Waals surface area contributed by atoms with Crippen LogP contribution in [-0.4, -0.2) is 14.7 Å². The van der Waals surface area contributed by atoms with Gasteiger partial charge in [-0.15, -0.1) is 12.4 Å². The number of nitrogens with two attached hydrogens (primary N) is 1. The van der Waals surface area contributed by atoms with Gasteiger partial charge in [-0.05, 0) is 0 Å². The van der Waals surface area contributed by atoms with Crippen molar-refractivity contribution in [2.24, 2.45) is 5.90 Å². The van der Waals surface area contributed by atoms with E-state index in [1.165, 1.54) is 0 Å². The standard InChI is InChI=1S/CH5NO3S.ClH/c1-6(3,4)5-2;/h2H2,1H3;1H. The van der Waals surface area contributed by atoms with Crippen molar-refractivity contribution >= 4 is 22.5 Å². The fraction of sp³-hybridized carbons (Fsp3) is 1.00. The molecule has 0 aromatic rings. The highest BCUT2D eigenvalue weighted by Crippen LogP contribution is 1.72. The highest BCUT2D eigenvalue weighted by Gasteiger charge is 1.91. The van der Waals surface area contributed by atoms with Crippen LogP contribution in [0.25, 0.3) is 0 Å². The molecular formula is CH6ClNO3S. The summed E-state index contributed by atoms with van der Waals surface area (Å²) in [4.78, 5) is 0. The molecule has 0 saturated carbocycles. The molecule has 0 fully saturated rings. The zero-order chi connectivity index (χ0) is 5.21. The van der Waals surface area contributed by atoms with E-state index in [1.807, 2.05) is 0 Å². The molecule has 0 spiro atoms. The van der Waals surface area contributed by atoms with Crippen molar-refractivity contribution in [2.75, 3.05) is 6.26 Å². The molecule has 0 saturated heterocycles. The van der Waals surface area contributed by atoms with Crippen molar-refractivity contribution in [3.8, 4) is 0 Å². The summed E-state index contributed by atoms with van der Waals surface area (Å²) < 4.78 is 22.7. The Balaban J connectivity index is 0. The second-order valence-electron chi connectivity index (χ2n) is 0.800. The first-order valence-corrected chi connectivity index (χ1v) is 2.96. The number of halogens is 1. The molecule has 0 unspecified atom stereocenters. The minimum atomic E-state index is -3.38. The van der Waals surface area contributed by atoms with Crippen molar-refractivity contribution < 1.29 is 12.7 Å². The fourth-order valence-electron chi connectivity index (χ4n) is 0. The summed E-state index contributed by atoms with van der Waals surface area (Å²) in [5.41, 5.74) is 0. The summed E-state index contributed by atoms with van der Waals surface area (Å²) >= 11 is 0. The lowest BCUT2D eigenvalue weighted by molar-refractivity contribution is 0.337. The molecule has 0 bridgehead atoms. The summed E-state index contributed by atoms with van der Waals surface area (Å²) in [6, 6.07) is 0. The average molecular weight is 148 g/mol. The van der Waals surface area contributed by atoms with Gasteiger partial charge in [-0.1, -0.05) is 0 Å². The Hall–Kier alpha value is 0.160. The molecule has 0 aliphatic rings. The Morgan fingerprint density at radius 3 is 1.71 bits per heavy atom. The SMILES string of the molecule is CS(=O)(=O)ON.Cl. The summed E-state index contributed by atoms with van der Waals surface area (Å²) in [5.74, 6) is 4.22. The average Bonchev–Trinajstić information content (AvgIpc) is 1.35. The summed E-state index contributed by atoms with van der Waals surface area (Å²) in [7, 11) is -3.38. The van der Waals surface area contributed by atoms with Crippen LogP contribution in [0.15, 0.2) is 0 Å². The van der Waals surface area contributed by atoms with Gasteiger partial charge in [0.15, 0.2) is 0 Å². The van der Waals surface area contributed by atoms with Gasteiger partial charge in [0, 0.05) is 0 Å². The van der Waals surface area contributed by atoms with Crippen molar-refractivity contribution in [2.45, 2.75) is 0 Å². The van der Waals surface area contributed by atoms with Crippen LogP contribution < -0.4 is 5.90 Å². The monoisotopic (exact) mass is 147 g/mol. The van der Waals surface area contributed by atoms with Gasteiger partial charge in [0.25, 0.3) is 10.1 Å². The van der Waals surface area contributed by atoms with Gasteiger partial charge in [0.2, 0.25) is 0 Å². The molecule has 0 atom stereocenters. The zero-order valence-corrected chi connectivity index (χ0v) is 5.25. The Morgan fingerprint density at radius 2 is 1.71 bits per heavy atom. The summed E-state index contributed by atoms with van der Waals surface area (Å²) in [6.07, 6.45) is 0.868. The first-order valence-electron chi connectivity index (χ1n) is 1.14. The zero-order valence-electron chi connectivity index (χ0n) is 3.62. The van der Waals surface area contributed by atoms with E-state index >= 15 is 0 Å². The molecule has 0 aliphatic carbocycles. The van der Waals surface area contributed by atoms with Crippen LogP contribution in [-0.2, 0) is 14.4 Å². The molecule has 46 valence electrons. The van der Waals surface area contributed by atoms with Crippen molar-refractivity contribution in [1.29, 1.82) is 0 Å². The van der Waals surface area contributed by atoms with Gasteiger partial charge in [0.1, 0.15) is 0 Å². The quantitative estimate of drug-likeness (QED) is 0.496. The second kappa shape index (κ2) is 3.20. The molecule has 6 heteroatoms. The Kier molecular flexibility index (Phi) is 4.66. The minimum absolute atomic E-state index is 0. The maximum Gasteiger partial charge on any atom is 0.280 e. The number of rotatable bonds is 1. The molecule has 0 rings (SSSR count). The van der Waals surface area contributed by atoms with E-state index < -0.39 is 10.1 Å². The molecule has 7 heavy (non-hydrogen) atoms. The van der Waals surface area contributed by atoms with Crippen LogP contribution in [0.4, 0.5) is 0 Å². The Bertz CT molecular complexity index is 117. The van der Waals surface area contributed by atoms with Crippen LogP contribution in [0.5, 0.6) is 0 Å². The van der Waals surface area contributed by atoms with Gasteiger partial charge in [-0.25, -0.2) is 0 Å². The van der Waals surface area contributed by atoms with Gasteiger partial charge in [-0.3, -0.25) is 0 Å². The summed E-state index contributed by atoms with van der Waals surface area (Å²) in [6.45, 7) is 0. The van der Waals surface area contributed by atoms with E-state index in [0.29, 0.717) is 0 Å². The number of hydrogen-bond donors (Lipinski definition) is 1. The van der Waals surface area contributed by atoms with Crippen LogP contribution in [0.3, 0.4) is 0 Å². The predicted octanol–water partition coefficient (Wildman–Crippen LogP) is -0.742. The Labute approximate surface area is 48.1 Å². The van der Waals surface area contributed by atoms with Crippen molar-refractivity contribution in [1.82, 2.24) is 0 Å². The van der Waals surface area contributed by atoms with Crippen LogP contribution in [0.2, 0.25) is 0 Å². The maximum atomic E-state index is 9.65. The largest absolute Gasteiger partial charge is 0.280 e. The molecule has 0 aromatic heterocycles. The van der Waals surface area contributed by atoms with Crippen molar-refractivity contribution in [3.63, 3.8) is 0 Å². The maximum absolute atomic E-state index is 9.65. The highest BCUT2D eigenvalue weighted by molar-refractivity contribution is 7.85. The topological polar surface area (TPSA) is 69.4 Å². The molecule has 0 aromatic carbocycles. The van der Waals surface area contributed by atoms with E-state index in [9.17, 15) is 8.42 Å². The minimum Gasteiger partial charge on any atom is -0.198 e. The molecule has 0 amide bonds. The third-order valence-electron chi connectivity index (χ3n) is 0.175. The van der Waals surface area contributed by atoms with Crippen LogP contribution in [0, 0.1) is 0 Å². The lowest BCUT2D eigenvalue weighted by Gasteiger charge is -1.83. The van der Waals surface area contributed by atoms with Crippen LogP contribution in [0.1, 0.15) is 0 Å². The fourth-order valence-corrected chi connectivity index (χ4v) is 0. The number of hydrogen-bond acceptors (Lipinski definition) is 4. The first kappa shape index (κ1) is 10.2. The van der Waals surface area contributed by atoms with E-state index in [1.54, 1.807) is 0 Å². The molecule has 0 radical (unpaired) electrons. The van der Waals surface area contributed by atoms with E-state index in [4.69, 9.17) is 0 Å². The Morgan fingerprint density at radius 1 is 1.57 bits per heavy atom. The lowest BCUT2D eigenvalue weighted by Crippen LogP contribution is -2.07. The van der Waals surface area contributed by atoms with Crippen molar-refractivity contribution in [3.05, 3.63) is 0 Å². The van der Waals surface area contributed by atoms with E-state index in [0.717, 1.165) is 6.26 Å². The van der Waals surface area contributed by atoms with Crippen LogP contribution >= 0.6 is 12.4 Å². The summed E-state index contributed by atoms with van der Waals surface area (Å²) in [5, 5.41) is 0. The lowest BCUT2D eigenvalue weighted by atomic mass is 12.0. The third kappa shape index (κ3) is 10.7. The highest BCUT2D eigenvalue weighted by atomic mass is 35.5. The normalized spacial score (nSPS) is 10.0. The third-order valence-corrected chi connectivity index (χ3v) is 0.524. The molecule has 0 aliphatic heterocycles. The van der Waals surface area contributed by atoms with Gasteiger partial charge in [0.05, 0.1) is 6.26 Å². The first-order chi connectivity index (χ1) is 2.56. The second-order valence-corrected chi connectivity index (χ2v) is 2.40. The van der Waals surface area contributed by atoms with E-state index in [-0.39, 0.29) is 12.4 Å². The molecule has 4 nitrogen and oxygen atoms in total. The molecular weight excluding hydrogens is 142 g/mol. The molecule has 2 N–H and O–H groups in total. The smallest absolute Gasteiger partial charge is 0.198 e. The van der Waals surface area contributed by atoms with E-state index in [2.05, 4.69) is 10.2 Å².